The molecule has 0 radical (unpaired) electrons. The molecule has 0 saturated heterocycles. The summed E-state index contributed by atoms with van der Waals surface area (Å²) in [6.45, 7) is 5.85. The summed E-state index contributed by atoms with van der Waals surface area (Å²) >= 11 is 6.75. The van der Waals surface area contributed by atoms with Crippen molar-refractivity contribution in [1.82, 2.24) is 10.3 Å². The number of ether oxygens (including phenoxy) is 1. The second kappa shape index (κ2) is 5.82. The Morgan fingerprint density at radius 2 is 1.88 bits per heavy atom. The highest BCUT2D eigenvalue weighted by molar-refractivity contribution is 9.11. The van der Waals surface area contributed by atoms with Crippen LogP contribution in [0.5, 0.6) is 0 Å². The molecular formula is C11H14Br2N2O2. The Bertz CT molecular complexity index is 396. The zero-order chi connectivity index (χ0) is 13.1. The van der Waals surface area contributed by atoms with Crippen molar-refractivity contribution in [2.45, 2.75) is 32.9 Å². The van der Waals surface area contributed by atoms with Crippen molar-refractivity contribution in [2.24, 2.45) is 0 Å². The van der Waals surface area contributed by atoms with Gasteiger partial charge in [0.1, 0.15) is 5.60 Å². The van der Waals surface area contributed by atoms with Gasteiger partial charge in [0.25, 0.3) is 0 Å². The lowest BCUT2D eigenvalue weighted by atomic mass is 10.2. The van der Waals surface area contributed by atoms with Crippen molar-refractivity contribution >= 4 is 38.0 Å². The molecule has 1 rings (SSSR count). The average Bonchev–Trinajstić information content (AvgIpc) is 2.14. The maximum atomic E-state index is 11.5. The fourth-order valence-electron chi connectivity index (χ4n) is 1.08. The van der Waals surface area contributed by atoms with Crippen LogP contribution in [0.25, 0.3) is 0 Å². The molecule has 1 aromatic rings. The van der Waals surface area contributed by atoms with E-state index < -0.39 is 11.7 Å². The number of amides is 1. The summed E-state index contributed by atoms with van der Waals surface area (Å²) in [5.41, 5.74) is 0.433. The maximum absolute atomic E-state index is 11.5. The van der Waals surface area contributed by atoms with Crippen molar-refractivity contribution in [3.8, 4) is 0 Å². The first kappa shape index (κ1) is 14.4. The third-order valence-corrected chi connectivity index (χ3v) is 3.13. The van der Waals surface area contributed by atoms with Gasteiger partial charge in [-0.05, 0) is 52.6 Å². The topological polar surface area (TPSA) is 51.2 Å². The lowest BCUT2D eigenvalue weighted by Gasteiger charge is -2.20. The molecule has 1 heterocycles. The molecule has 4 nitrogen and oxygen atoms in total. The predicted molar refractivity (Wildman–Crippen MR) is 72.7 cm³/mol. The van der Waals surface area contributed by atoms with Gasteiger partial charge >= 0.3 is 6.09 Å². The molecule has 0 fully saturated rings. The van der Waals surface area contributed by atoms with E-state index >= 15 is 0 Å². The van der Waals surface area contributed by atoms with Gasteiger partial charge in [0.05, 0.1) is 0 Å². The number of alkyl carbamates (subject to hydrolysis) is 1. The second-order valence-electron chi connectivity index (χ2n) is 4.44. The van der Waals surface area contributed by atoms with Gasteiger partial charge in [-0.15, -0.1) is 0 Å². The zero-order valence-electron chi connectivity index (χ0n) is 9.88. The van der Waals surface area contributed by atoms with E-state index in [2.05, 4.69) is 42.2 Å². The van der Waals surface area contributed by atoms with E-state index in [1.165, 1.54) is 0 Å². The van der Waals surface area contributed by atoms with Gasteiger partial charge in [0, 0.05) is 33.4 Å². The molecule has 17 heavy (non-hydrogen) atoms. The quantitative estimate of drug-likeness (QED) is 0.870. The van der Waals surface area contributed by atoms with Crippen LogP contribution >= 0.6 is 31.9 Å². The van der Waals surface area contributed by atoms with Crippen molar-refractivity contribution in [3.63, 3.8) is 0 Å². The molecule has 6 heteroatoms. The SMILES string of the molecule is CC(C)(C)OC(=O)NCc1c(Br)cncc1Br. The van der Waals surface area contributed by atoms with Gasteiger partial charge in [-0.25, -0.2) is 4.79 Å². The van der Waals surface area contributed by atoms with Gasteiger partial charge in [-0.2, -0.15) is 0 Å². The third-order valence-electron chi connectivity index (χ3n) is 1.76. The minimum Gasteiger partial charge on any atom is -0.444 e. The molecular weight excluding hydrogens is 352 g/mol. The Labute approximate surface area is 117 Å². The van der Waals surface area contributed by atoms with Gasteiger partial charge < -0.3 is 10.1 Å². The summed E-state index contributed by atoms with van der Waals surface area (Å²) in [7, 11) is 0. The van der Waals surface area contributed by atoms with Crippen molar-refractivity contribution < 1.29 is 9.53 Å². The first-order valence-corrected chi connectivity index (χ1v) is 6.63. The second-order valence-corrected chi connectivity index (χ2v) is 6.15. The number of hydrogen-bond acceptors (Lipinski definition) is 3. The van der Waals surface area contributed by atoms with Crippen LogP contribution < -0.4 is 5.32 Å². The van der Waals surface area contributed by atoms with Gasteiger partial charge in [0.15, 0.2) is 0 Å². The van der Waals surface area contributed by atoms with Gasteiger partial charge in [0.2, 0.25) is 0 Å². The van der Waals surface area contributed by atoms with Crippen LogP contribution in [0.4, 0.5) is 4.79 Å². The zero-order valence-corrected chi connectivity index (χ0v) is 13.1. The molecule has 0 aliphatic carbocycles. The summed E-state index contributed by atoms with van der Waals surface area (Å²) in [4.78, 5) is 15.5. The number of rotatable bonds is 2. The fraction of sp³-hybridized carbons (Fsp3) is 0.455. The van der Waals surface area contributed by atoms with Crippen LogP contribution in [0.3, 0.4) is 0 Å². The number of nitrogens with zero attached hydrogens (tertiary/aromatic N) is 1. The molecule has 0 unspecified atom stereocenters. The molecule has 1 aromatic heterocycles. The first-order valence-electron chi connectivity index (χ1n) is 5.04. The van der Waals surface area contributed by atoms with Crippen LogP contribution in [0.2, 0.25) is 0 Å². The number of hydrogen-bond donors (Lipinski definition) is 1. The largest absolute Gasteiger partial charge is 0.444 e. The average molecular weight is 366 g/mol. The molecule has 0 spiro atoms. The molecule has 0 atom stereocenters. The van der Waals surface area contributed by atoms with Crippen LogP contribution in [-0.2, 0) is 11.3 Å². The minimum atomic E-state index is -0.489. The van der Waals surface area contributed by atoms with E-state index in [-0.39, 0.29) is 0 Å². The Morgan fingerprint density at radius 3 is 2.35 bits per heavy atom. The molecule has 0 saturated carbocycles. The summed E-state index contributed by atoms with van der Waals surface area (Å²) < 4.78 is 6.81. The number of pyridine rings is 1. The minimum absolute atomic E-state index is 0.374. The Kier molecular flexibility index (Phi) is 4.94. The van der Waals surface area contributed by atoms with E-state index in [0.29, 0.717) is 6.54 Å². The molecule has 0 bridgehead atoms. The maximum Gasteiger partial charge on any atom is 0.407 e. The summed E-state index contributed by atoms with van der Waals surface area (Å²) in [6.07, 6.45) is 2.92. The Balaban J connectivity index is 2.59. The number of carbonyl (C=O) groups is 1. The van der Waals surface area contributed by atoms with Crippen molar-refractivity contribution in [3.05, 3.63) is 26.9 Å². The Hall–Kier alpha value is -0.620. The highest BCUT2D eigenvalue weighted by atomic mass is 79.9. The van der Waals surface area contributed by atoms with Crippen LogP contribution in [0.15, 0.2) is 21.3 Å². The highest BCUT2D eigenvalue weighted by Crippen LogP contribution is 2.23. The molecule has 0 aromatic carbocycles. The molecule has 1 N–H and O–H groups in total. The molecule has 1 amide bonds. The van der Waals surface area contributed by atoms with Crippen LogP contribution in [-0.4, -0.2) is 16.7 Å². The van der Waals surface area contributed by atoms with E-state index in [9.17, 15) is 4.79 Å². The van der Waals surface area contributed by atoms with Crippen molar-refractivity contribution in [2.75, 3.05) is 0 Å². The number of carbonyl (C=O) groups excluding carboxylic acids is 1. The monoisotopic (exact) mass is 364 g/mol. The lowest BCUT2D eigenvalue weighted by molar-refractivity contribution is 0.0523. The normalized spacial score (nSPS) is 11.1. The van der Waals surface area contributed by atoms with E-state index in [1.54, 1.807) is 12.4 Å². The number of nitrogens with one attached hydrogen (secondary N) is 1. The van der Waals surface area contributed by atoms with Crippen molar-refractivity contribution in [1.29, 1.82) is 0 Å². The van der Waals surface area contributed by atoms with E-state index in [1.807, 2.05) is 20.8 Å². The predicted octanol–water partition coefficient (Wildman–Crippen LogP) is 3.63. The molecule has 0 aliphatic rings. The fourth-order valence-corrected chi connectivity index (χ4v) is 2.29. The van der Waals surface area contributed by atoms with Crippen LogP contribution in [0.1, 0.15) is 26.3 Å². The van der Waals surface area contributed by atoms with E-state index in [4.69, 9.17) is 4.74 Å². The summed E-state index contributed by atoms with van der Waals surface area (Å²) in [5, 5.41) is 2.69. The highest BCUT2D eigenvalue weighted by Gasteiger charge is 2.16. The first-order chi connectivity index (χ1) is 7.79. The standard InChI is InChI=1S/C11H14Br2N2O2/c1-11(2,3)17-10(16)15-4-7-8(12)5-14-6-9(7)13/h5-6H,4H2,1-3H3,(H,15,16). The summed E-state index contributed by atoms with van der Waals surface area (Å²) in [5.74, 6) is 0. The smallest absolute Gasteiger partial charge is 0.407 e. The van der Waals surface area contributed by atoms with E-state index in [0.717, 1.165) is 14.5 Å². The third kappa shape index (κ3) is 5.04. The Morgan fingerprint density at radius 1 is 1.35 bits per heavy atom. The van der Waals surface area contributed by atoms with Crippen LogP contribution in [0, 0.1) is 0 Å². The molecule has 94 valence electrons. The van der Waals surface area contributed by atoms with Gasteiger partial charge in [-0.1, -0.05) is 0 Å². The number of aromatic nitrogens is 1. The number of halogens is 2. The lowest BCUT2D eigenvalue weighted by Crippen LogP contribution is -2.32. The molecule has 0 aliphatic heterocycles. The van der Waals surface area contributed by atoms with Gasteiger partial charge in [-0.3, -0.25) is 4.98 Å². The summed E-state index contributed by atoms with van der Waals surface area (Å²) in [6, 6.07) is 0.